The monoisotopic (exact) mass is 476 g/mol. The number of carbonyl (C=O) groups excluding carboxylic acids is 1. The van der Waals surface area contributed by atoms with Crippen molar-refractivity contribution >= 4 is 51.1 Å². The number of amides is 1. The number of guanidine groups is 1. The van der Waals surface area contributed by atoms with Crippen molar-refractivity contribution in [2.75, 3.05) is 18.1 Å². The van der Waals surface area contributed by atoms with Crippen molar-refractivity contribution in [1.82, 2.24) is 19.6 Å². The first-order valence-corrected chi connectivity index (χ1v) is 11.4. The summed E-state index contributed by atoms with van der Waals surface area (Å²) in [5.74, 6) is -4.26. The van der Waals surface area contributed by atoms with Crippen LogP contribution in [0.5, 0.6) is 5.88 Å². The minimum Gasteiger partial charge on any atom is -0.498 e. The molecule has 0 bridgehead atoms. The minimum atomic E-state index is -3.95. The van der Waals surface area contributed by atoms with Crippen LogP contribution in [0, 0.1) is 17.0 Å². The van der Waals surface area contributed by atoms with Gasteiger partial charge in [0.25, 0.3) is 5.91 Å². The van der Waals surface area contributed by atoms with Gasteiger partial charge in [0.15, 0.2) is 11.6 Å². The summed E-state index contributed by atoms with van der Waals surface area (Å²) in [6.07, 6.45) is 2.43. The van der Waals surface area contributed by atoms with Gasteiger partial charge in [-0.05, 0) is 13.0 Å². The van der Waals surface area contributed by atoms with Crippen LogP contribution in [0.2, 0.25) is 0 Å². The van der Waals surface area contributed by atoms with Crippen LogP contribution < -0.4 is 15.4 Å². The molecule has 1 aliphatic rings. The lowest BCUT2D eigenvalue weighted by atomic mass is 9.52. The summed E-state index contributed by atoms with van der Waals surface area (Å²) >= 11 is 0. The zero-order chi connectivity index (χ0) is 24.8. The molecule has 0 aliphatic carbocycles. The molecule has 1 aromatic heterocycles. The van der Waals surface area contributed by atoms with Gasteiger partial charge in [-0.25, -0.2) is 31.5 Å². The zero-order valence-corrected chi connectivity index (χ0v) is 19.5. The van der Waals surface area contributed by atoms with E-state index < -0.39 is 50.1 Å². The van der Waals surface area contributed by atoms with Gasteiger partial charge in [-0.15, -0.1) is 0 Å². The number of hydrogen-bond acceptors (Lipinski definition) is 7. The van der Waals surface area contributed by atoms with Crippen molar-refractivity contribution in [2.45, 2.75) is 17.8 Å². The van der Waals surface area contributed by atoms with Gasteiger partial charge in [-0.3, -0.25) is 10.2 Å². The molecule has 0 saturated carbocycles. The molecule has 16 heteroatoms. The quantitative estimate of drug-likeness (QED) is 0.422. The van der Waals surface area contributed by atoms with E-state index in [1.807, 2.05) is 23.5 Å². The summed E-state index contributed by atoms with van der Waals surface area (Å²) in [6, 6.07) is 1.88. The van der Waals surface area contributed by atoms with Crippen molar-refractivity contribution in [3.05, 3.63) is 47.4 Å². The molecule has 1 aliphatic heterocycles. The first-order chi connectivity index (χ1) is 15.1. The molecule has 10 nitrogen and oxygen atoms in total. The van der Waals surface area contributed by atoms with Crippen molar-refractivity contribution in [2.24, 2.45) is 0 Å². The third-order valence-corrected chi connectivity index (χ3v) is 6.71. The van der Waals surface area contributed by atoms with E-state index in [9.17, 15) is 22.0 Å². The highest BCUT2D eigenvalue weighted by molar-refractivity contribution is 7.89. The van der Waals surface area contributed by atoms with E-state index in [-0.39, 0.29) is 22.8 Å². The van der Waals surface area contributed by atoms with Gasteiger partial charge in [-0.1, -0.05) is 0 Å². The fraction of sp³-hybridized carbons (Fsp3) is 0.294. The number of nitrogens with zero attached hydrogens (tertiary/aromatic N) is 3. The van der Waals surface area contributed by atoms with Crippen LogP contribution in [0.4, 0.5) is 14.5 Å². The fourth-order valence-electron chi connectivity index (χ4n) is 3.18. The lowest BCUT2D eigenvalue weighted by Gasteiger charge is -2.40. The van der Waals surface area contributed by atoms with E-state index in [0.29, 0.717) is 4.31 Å². The van der Waals surface area contributed by atoms with Crippen LogP contribution in [-0.2, 0) is 15.6 Å². The molecule has 0 spiro atoms. The van der Waals surface area contributed by atoms with Crippen LogP contribution in [0.25, 0.3) is 0 Å². The lowest BCUT2D eigenvalue weighted by molar-refractivity contribution is 0.102. The number of anilines is 1. The van der Waals surface area contributed by atoms with Crippen molar-refractivity contribution < 1.29 is 26.7 Å². The predicted molar refractivity (Wildman–Crippen MR) is 125 cm³/mol. The first kappa shape index (κ1) is 24.5. The van der Waals surface area contributed by atoms with Gasteiger partial charge in [0, 0.05) is 29.7 Å². The van der Waals surface area contributed by atoms with E-state index in [0.717, 1.165) is 12.1 Å². The second kappa shape index (κ2) is 8.32. The number of halogens is 2. The normalized spacial score (nSPS) is 20.1. The van der Waals surface area contributed by atoms with Crippen LogP contribution in [-0.4, -0.2) is 76.2 Å². The number of sulfonamides is 1. The second-order valence-corrected chi connectivity index (χ2v) is 10.8. The Bertz CT molecular complexity index is 1230. The van der Waals surface area contributed by atoms with Gasteiger partial charge >= 0.3 is 0 Å². The van der Waals surface area contributed by atoms with E-state index in [4.69, 9.17) is 10.1 Å². The van der Waals surface area contributed by atoms with E-state index in [1.54, 1.807) is 0 Å². The highest BCUT2D eigenvalue weighted by Gasteiger charge is 2.44. The molecule has 2 heterocycles. The standard InChI is InChI=1S/C17H21B3F2N6O4S/c1-16(7-33(30,31)28(2)15(23)27-16)9-3-8(4-10(21)13(9)22)26-14(29)11-5-25-12(6-24-11)32-17(18,19)20/h3-6H,7,18-20H2,1-2H3,(H2,23,27)(H,26,29)/t16-/m0/s1. The number of carbonyl (C=O) groups is 1. The fourth-order valence-corrected chi connectivity index (χ4v) is 4.65. The molecule has 172 valence electrons. The summed E-state index contributed by atoms with van der Waals surface area (Å²) in [4.78, 5) is 20.5. The third-order valence-electron chi connectivity index (χ3n) is 4.75. The van der Waals surface area contributed by atoms with Crippen molar-refractivity contribution in [1.29, 1.82) is 5.41 Å². The summed E-state index contributed by atoms with van der Waals surface area (Å²) in [5.41, 5.74) is -2.24. The zero-order valence-electron chi connectivity index (χ0n) is 18.7. The molecule has 33 heavy (non-hydrogen) atoms. The number of hydrogen-bond donors (Lipinski definition) is 3. The summed E-state index contributed by atoms with van der Waals surface area (Å²) in [5, 5.41) is 12.3. The Morgan fingerprint density at radius 3 is 2.52 bits per heavy atom. The Morgan fingerprint density at radius 2 is 1.97 bits per heavy atom. The minimum absolute atomic E-state index is 0.101. The van der Waals surface area contributed by atoms with E-state index >= 15 is 0 Å². The maximum Gasteiger partial charge on any atom is 0.275 e. The van der Waals surface area contributed by atoms with Gasteiger partial charge in [0.2, 0.25) is 21.9 Å². The Labute approximate surface area is 192 Å². The molecule has 2 aromatic rings. The van der Waals surface area contributed by atoms with E-state index in [1.165, 1.54) is 26.4 Å². The van der Waals surface area contributed by atoms with Crippen LogP contribution in [0.3, 0.4) is 0 Å². The summed E-state index contributed by atoms with van der Waals surface area (Å²) < 4.78 is 60.1. The average Bonchev–Trinajstić information content (AvgIpc) is 2.67. The molecule has 1 atom stereocenters. The first-order valence-electron chi connectivity index (χ1n) is 9.76. The maximum atomic E-state index is 14.7. The van der Waals surface area contributed by atoms with Crippen LogP contribution in [0.1, 0.15) is 23.0 Å². The highest BCUT2D eigenvalue weighted by atomic mass is 32.2. The lowest BCUT2D eigenvalue weighted by Crippen LogP contribution is -2.61. The maximum absolute atomic E-state index is 14.7. The number of ether oxygens (including phenoxy) is 1. The molecule has 1 fully saturated rings. The van der Waals surface area contributed by atoms with E-state index in [2.05, 4.69) is 20.6 Å². The average molecular weight is 476 g/mol. The molecule has 1 saturated heterocycles. The van der Waals surface area contributed by atoms with Crippen LogP contribution >= 0.6 is 0 Å². The highest BCUT2D eigenvalue weighted by Crippen LogP contribution is 2.33. The van der Waals surface area contributed by atoms with Crippen molar-refractivity contribution in [3.8, 4) is 5.88 Å². The van der Waals surface area contributed by atoms with Crippen molar-refractivity contribution in [3.63, 3.8) is 0 Å². The molecule has 1 amide bonds. The predicted octanol–water partition coefficient (Wildman–Crippen LogP) is -2.09. The Kier molecular flexibility index (Phi) is 6.17. The number of benzene rings is 1. The van der Waals surface area contributed by atoms with Gasteiger partial charge in [-0.2, -0.15) is 0 Å². The smallest absolute Gasteiger partial charge is 0.275 e. The number of aromatic nitrogens is 2. The number of nitrogens with one attached hydrogen (secondary N) is 3. The van der Waals surface area contributed by atoms with Crippen LogP contribution in [0.15, 0.2) is 24.5 Å². The Balaban J connectivity index is 1.89. The molecule has 3 N–H and O–H groups in total. The molecule has 0 radical (unpaired) electrons. The largest absolute Gasteiger partial charge is 0.498 e. The molecule has 1 aromatic carbocycles. The van der Waals surface area contributed by atoms with Gasteiger partial charge < -0.3 is 15.4 Å². The molecule has 0 unspecified atom stereocenters. The summed E-state index contributed by atoms with van der Waals surface area (Å²) in [6.45, 7) is 1.33. The topological polar surface area (TPSA) is 137 Å². The number of rotatable bonds is 5. The van der Waals surface area contributed by atoms with Gasteiger partial charge in [0.05, 0.1) is 23.7 Å². The Hall–Kier alpha value is -3.16. The Morgan fingerprint density at radius 1 is 1.30 bits per heavy atom. The molecular formula is C17H21B3F2N6O4S. The summed E-state index contributed by atoms with van der Waals surface area (Å²) in [7, 11) is 2.69. The van der Waals surface area contributed by atoms with Gasteiger partial charge in [0.1, 0.15) is 29.2 Å². The third kappa shape index (κ3) is 5.26. The second-order valence-electron chi connectivity index (χ2n) is 8.76. The molecule has 3 rings (SSSR count). The molecular weight excluding hydrogens is 455 g/mol. The SMILES string of the molecule is BC(B)(B)Oc1cnc(C(=O)Nc2cc(F)c(F)c([C@]3(C)CS(=O)(=O)N(C)C(=N)N3)c2)cn1.